The number of aryl methyl sites for hydroxylation is 2. The molecule has 4 spiro atoms. The Morgan fingerprint density at radius 3 is 1.65 bits per heavy atom. The number of aromatic nitrogens is 4. The van der Waals surface area contributed by atoms with E-state index in [1.165, 1.54) is 27.9 Å². The van der Waals surface area contributed by atoms with Gasteiger partial charge in [-0.25, -0.2) is 4.98 Å². The molecule has 1 aromatic carbocycles. The fraction of sp³-hybridized carbons (Fsp3) is 0.422. The third kappa shape index (κ3) is 4.50. The van der Waals surface area contributed by atoms with E-state index in [0.717, 1.165) is 134 Å². The average Bonchev–Trinajstić information content (AvgIpc) is 4.06. The quantitative estimate of drug-likeness (QED) is 0.172. The van der Waals surface area contributed by atoms with Crippen LogP contribution >= 0.6 is 11.6 Å². The van der Waals surface area contributed by atoms with E-state index in [2.05, 4.69) is 55.5 Å². The van der Waals surface area contributed by atoms with Crippen molar-refractivity contribution in [3.63, 3.8) is 0 Å². The summed E-state index contributed by atoms with van der Waals surface area (Å²) in [6.45, 7) is 4.01. The monoisotopic (exact) mass is 780 g/mol. The fourth-order valence-corrected chi connectivity index (χ4v) is 12.1. The lowest BCUT2D eigenvalue weighted by atomic mass is 9.65. The predicted molar refractivity (Wildman–Crippen MR) is 217 cm³/mol. The summed E-state index contributed by atoms with van der Waals surface area (Å²) >= 11 is 6.16. The van der Waals surface area contributed by atoms with Crippen molar-refractivity contribution in [1.82, 2.24) is 40.4 Å². The number of pyridine rings is 2. The van der Waals surface area contributed by atoms with E-state index in [9.17, 15) is 9.59 Å². The molecule has 290 valence electrons. The molecule has 0 bridgehead atoms. The number of nitrogens with one attached hydrogen (secondary N) is 4. The number of methoxy groups -OCH3 is 1. The summed E-state index contributed by atoms with van der Waals surface area (Å²) in [5.41, 5.74) is 15.4. The van der Waals surface area contributed by atoms with Crippen LogP contribution in [0.5, 0.6) is 5.75 Å². The van der Waals surface area contributed by atoms with Gasteiger partial charge in [-0.15, -0.1) is 0 Å². The van der Waals surface area contributed by atoms with Gasteiger partial charge < -0.3 is 35.1 Å². The van der Waals surface area contributed by atoms with Crippen LogP contribution in [-0.4, -0.2) is 100 Å². The molecule has 13 rings (SSSR count). The Morgan fingerprint density at radius 1 is 0.684 bits per heavy atom. The Hall–Kier alpha value is -4.97. The summed E-state index contributed by atoms with van der Waals surface area (Å²) in [6.07, 6.45) is 11.8. The molecule has 4 aliphatic carbocycles. The van der Waals surface area contributed by atoms with Gasteiger partial charge in [0.05, 0.1) is 57.2 Å². The molecule has 8 heterocycles. The van der Waals surface area contributed by atoms with E-state index in [-0.39, 0.29) is 33.7 Å². The molecule has 0 atom stereocenters. The lowest BCUT2D eigenvalue weighted by Crippen LogP contribution is -2.71. The summed E-state index contributed by atoms with van der Waals surface area (Å²) in [7, 11) is 6.00. The SMILES string of the molecule is CN1CC2(C1)c1[nH]c3c(c1C(=O)NC21CC1)CCc1cnc(Cl)cc1-3.COc1ccc(-c2cc3c(cn2)CCc2c-3[nH]c3c2C(=O)NC2(CC2)C32CN(C)C2)cc1. The van der Waals surface area contributed by atoms with Gasteiger partial charge in [0.25, 0.3) is 11.8 Å². The smallest absolute Gasteiger partial charge is 0.253 e. The highest BCUT2D eigenvalue weighted by Crippen LogP contribution is 2.61. The zero-order valence-electron chi connectivity index (χ0n) is 32.5. The maximum atomic E-state index is 13.3. The number of likely N-dealkylation sites (N-methyl/N-ethyl adjacent to an activating group) is 2. The second-order valence-corrected chi connectivity index (χ2v) is 18.5. The summed E-state index contributed by atoms with van der Waals surface area (Å²) < 4.78 is 5.30. The van der Waals surface area contributed by atoms with Crippen molar-refractivity contribution in [3.8, 4) is 39.5 Å². The van der Waals surface area contributed by atoms with Crippen LogP contribution in [0.4, 0.5) is 0 Å². The van der Waals surface area contributed by atoms with E-state index in [0.29, 0.717) is 5.15 Å². The molecule has 8 aliphatic rings. The van der Waals surface area contributed by atoms with Gasteiger partial charge in [-0.1, -0.05) is 11.6 Å². The molecule has 5 aromatic rings. The van der Waals surface area contributed by atoms with Crippen LogP contribution in [0.25, 0.3) is 33.8 Å². The summed E-state index contributed by atoms with van der Waals surface area (Å²) in [6, 6.07) is 12.1. The standard InChI is InChI=1S/C26H26N4O2.C19H19ClN4O/c1-30-13-25(14-30)23-21(24(31)29-26(25)9-10-26)18-8-5-16-12-27-20(11-19(16)22(18)28-23)15-3-6-17(32-2)7-4-15;1-24-8-18(9-24)16-14(17(25)23-19(18)4-5-19)11-3-2-10-7-21-13(20)6-12(10)15(11)22-16/h3-4,6-7,11-12,28H,5,8-10,13-14H2,1-2H3,(H,29,31);6-7,22H,2-5,8-9H2,1H3,(H,23,25). The van der Waals surface area contributed by atoms with Crippen LogP contribution in [0.15, 0.2) is 48.8 Å². The van der Waals surface area contributed by atoms with Gasteiger partial charge in [0.1, 0.15) is 10.9 Å². The number of ether oxygens (including phenoxy) is 1. The number of likely N-dealkylation sites (tertiary alicyclic amines) is 2. The van der Waals surface area contributed by atoms with Crippen molar-refractivity contribution in [1.29, 1.82) is 0 Å². The van der Waals surface area contributed by atoms with Gasteiger partial charge in [0, 0.05) is 66.7 Å². The Kier molecular flexibility index (Phi) is 6.80. The highest BCUT2D eigenvalue weighted by Gasteiger charge is 2.70. The number of rotatable bonds is 2. The van der Waals surface area contributed by atoms with Crippen LogP contribution in [0.2, 0.25) is 5.15 Å². The number of carbonyl (C=O) groups is 2. The van der Waals surface area contributed by atoms with Crippen LogP contribution in [0.1, 0.15) is 80.0 Å². The summed E-state index contributed by atoms with van der Waals surface area (Å²) in [5, 5.41) is 7.32. The number of aromatic amines is 2. The number of hydrogen-bond donors (Lipinski definition) is 4. The minimum atomic E-state index is -0.0492. The molecule has 4 aliphatic heterocycles. The zero-order chi connectivity index (χ0) is 38.6. The Labute approximate surface area is 335 Å². The Morgan fingerprint density at radius 2 is 1.18 bits per heavy atom. The van der Waals surface area contributed by atoms with Crippen LogP contribution in [0.3, 0.4) is 0 Å². The predicted octanol–water partition coefficient (Wildman–Crippen LogP) is 5.60. The van der Waals surface area contributed by atoms with E-state index < -0.39 is 0 Å². The minimum Gasteiger partial charge on any atom is -0.497 e. The van der Waals surface area contributed by atoms with Crippen molar-refractivity contribution in [2.45, 2.75) is 73.3 Å². The minimum absolute atomic E-state index is 0.0222. The molecule has 4 fully saturated rings. The number of carbonyl (C=O) groups excluding carboxylic acids is 2. The highest BCUT2D eigenvalue weighted by atomic mass is 35.5. The first kappa shape index (κ1) is 34.1. The normalized spacial score (nSPS) is 22.7. The number of halogens is 1. The molecule has 4 N–H and O–H groups in total. The lowest BCUT2D eigenvalue weighted by Gasteiger charge is -2.55. The molecule has 57 heavy (non-hydrogen) atoms. The molecule has 0 radical (unpaired) electrons. The maximum Gasteiger partial charge on any atom is 0.253 e. The number of benzene rings is 1. The maximum absolute atomic E-state index is 13.3. The first-order chi connectivity index (χ1) is 27.6. The van der Waals surface area contributed by atoms with E-state index in [1.54, 1.807) is 7.11 Å². The molecule has 2 amide bonds. The van der Waals surface area contributed by atoms with Crippen LogP contribution in [-0.2, 0) is 36.5 Å². The second kappa shape index (κ2) is 11.4. The third-order valence-electron chi connectivity index (χ3n) is 15.0. The number of nitrogens with zero attached hydrogens (tertiary/aromatic N) is 4. The van der Waals surface area contributed by atoms with Gasteiger partial charge in [-0.2, -0.15) is 0 Å². The van der Waals surface area contributed by atoms with Crippen molar-refractivity contribution >= 4 is 23.4 Å². The molecular weight excluding hydrogens is 736 g/mol. The third-order valence-corrected chi connectivity index (χ3v) is 15.2. The first-order valence-electron chi connectivity index (χ1n) is 20.4. The second-order valence-electron chi connectivity index (χ2n) is 18.2. The highest BCUT2D eigenvalue weighted by molar-refractivity contribution is 6.29. The molecule has 4 aromatic heterocycles. The van der Waals surface area contributed by atoms with Crippen LogP contribution in [0, 0.1) is 0 Å². The first-order valence-corrected chi connectivity index (χ1v) is 20.8. The number of amides is 2. The molecule has 0 unspecified atom stereocenters. The Balaban J connectivity index is 0.000000129. The van der Waals surface area contributed by atoms with E-state index >= 15 is 0 Å². The van der Waals surface area contributed by atoms with Gasteiger partial charge in [-0.05, 0) is 124 Å². The molecule has 11 nitrogen and oxygen atoms in total. The summed E-state index contributed by atoms with van der Waals surface area (Å²) in [5.74, 6) is 1.05. The van der Waals surface area contributed by atoms with Crippen LogP contribution < -0.4 is 15.4 Å². The summed E-state index contributed by atoms with van der Waals surface area (Å²) in [4.78, 5) is 47.4. The zero-order valence-corrected chi connectivity index (χ0v) is 33.3. The van der Waals surface area contributed by atoms with Crippen molar-refractivity contribution in [3.05, 3.63) is 98.7 Å². The number of hydrogen-bond acceptors (Lipinski definition) is 7. The topological polar surface area (TPSA) is 131 Å². The van der Waals surface area contributed by atoms with Crippen molar-refractivity contribution < 1.29 is 14.3 Å². The number of H-pyrrole nitrogens is 2. The van der Waals surface area contributed by atoms with Crippen molar-refractivity contribution in [2.75, 3.05) is 47.4 Å². The van der Waals surface area contributed by atoms with Gasteiger partial charge in [0.15, 0.2) is 0 Å². The largest absolute Gasteiger partial charge is 0.497 e. The van der Waals surface area contributed by atoms with E-state index in [4.69, 9.17) is 21.3 Å². The fourth-order valence-electron chi connectivity index (χ4n) is 11.9. The molecular formula is C45H45ClN8O3. The van der Waals surface area contributed by atoms with Gasteiger partial charge >= 0.3 is 0 Å². The van der Waals surface area contributed by atoms with Crippen molar-refractivity contribution in [2.24, 2.45) is 0 Å². The average molecular weight is 781 g/mol. The van der Waals surface area contributed by atoms with Gasteiger partial charge in [-0.3, -0.25) is 14.6 Å². The Bertz CT molecular complexity index is 2590. The molecule has 2 saturated heterocycles. The van der Waals surface area contributed by atoms with E-state index in [1.807, 2.05) is 42.7 Å². The van der Waals surface area contributed by atoms with Gasteiger partial charge in [0.2, 0.25) is 0 Å². The lowest BCUT2D eigenvalue weighted by molar-refractivity contribution is 0.0338. The molecule has 12 heteroatoms. The molecule has 2 saturated carbocycles. The number of fused-ring (bicyclic) bond motifs is 14.